The number of aliphatic hydroxyl groups is 1. The second-order valence-corrected chi connectivity index (χ2v) is 12.4. The van der Waals surface area contributed by atoms with E-state index in [1.54, 1.807) is 41.5 Å². The molecule has 9 nitrogen and oxygen atoms in total. The van der Waals surface area contributed by atoms with Gasteiger partial charge in [0.15, 0.2) is 0 Å². The molecular formula is C24H36BrN3O6S. The minimum absolute atomic E-state index is 0.00755. The predicted molar refractivity (Wildman–Crippen MR) is 136 cm³/mol. The molecule has 4 saturated heterocycles. The van der Waals surface area contributed by atoms with E-state index in [9.17, 15) is 19.5 Å². The highest BCUT2D eigenvalue weighted by atomic mass is 79.9. The lowest BCUT2D eigenvalue weighted by molar-refractivity contribution is -0.154. The quantitative estimate of drug-likeness (QED) is 0.232. The van der Waals surface area contributed by atoms with E-state index in [2.05, 4.69) is 27.4 Å². The maximum Gasteiger partial charge on any atom is 0.310 e. The Morgan fingerprint density at radius 3 is 2.77 bits per heavy atom. The third-order valence-electron chi connectivity index (χ3n) is 7.71. The largest absolute Gasteiger partial charge is 0.466 e. The molecule has 1 N–H and O–H groups in total. The number of morpholine rings is 1. The number of rotatable bonds is 10. The number of carbonyl (C=O) groups is 3. The van der Waals surface area contributed by atoms with E-state index in [1.165, 1.54) is 0 Å². The number of carbonyl (C=O) groups excluding carboxylic acids is 3. The Morgan fingerprint density at radius 2 is 2.14 bits per heavy atom. The van der Waals surface area contributed by atoms with Gasteiger partial charge in [0.2, 0.25) is 11.8 Å². The Morgan fingerprint density at radius 1 is 1.43 bits per heavy atom. The van der Waals surface area contributed by atoms with E-state index < -0.39 is 28.7 Å². The van der Waals surface area contributed by atoms with Crippen molar-refractivity contribution in [3.05, 3.63) is 12.7 Å². The van der Waals surface area contributed by atoms with Crippen molar-refractivity contribution in [1.29, 1.82) is 0 Å². The number of thioether (sulfide) groups is 1. The summed E-state index contributed by atoms with van der Waals surface area (Å²) in [6, 6.07) is -1.31. The van der Waals surface area contributed by atoms with Crippen molar-refractivity contribution >= 4 is 45.5 Å². The zero-order valence-electron chi connectivity index (χ0n) is 20.4. The molecule has 0 radical (unpaired) electrons. The Balaban J connectivity index is 1.66. The zero-order chi connectivity index (χ0) is 25.3. The molecule has 2 amide bonds. The molecule has 0 saturated carbocycles. The van der Waals surface area contributed by atoms with Crippen LogP contribution in [0.15, 0.2) is 12.7 Å². The summed E-state index contributed by atoms with van der Waals surface area (Å²) in [5, 5.41) is 9.88. The first-order chi connectivity index (χ1) is 16.8. The molecule has 4 aliphatic rings. The first-order valence-electron chi connectivity index (χ1n) is 12.4. The van der Waals surface area contributed by atoms with Gasteiger partial charge in [-0.1, -0.05) is 22.0 Å². The van der Waals surface area contributed by atoms with Crippen LogP contribution in [-0.2, 0) is 23.9 Å². The van der Waals surface area contributed by atoms with Crippen LogP contribution in [0.3, 0.4) is 0 Å². The molecule has 0 aliphatic carbocycles. The molecule has 0 aromatic carbocycles. The SMILES string of the molecule is C=CCN(CCN1CCOCC1)C(=O)C1N([C@H](C)CO)C(=O)[C@@H]2[C@@H](C(=O)OCC)[C@@H]3SC12CC3Br. The van der Waals surface area contributed by atoms with Crippen LogP contribution in [0, 0.1) is 11.8 Å². The lowest BCUT2D eigenvalue weighted by Crippen LogP contribution is -2.58. The van der Waals surface area contributed by atoms with Crippen LogP contribution in [0.2, 0.25) is 0 Å². The van der Waals surface area contributed by atoms with Crippen LogP contribution >= 0.6 is 27.7 Å². The van der Waals surface area contributed by atoms with Crippen LogP contribution in [0.4, 0.5) is 0 Å². The predicted octanol–water partition coefficient (Wildman–Crippen LogP) is 0.742. The molecule has 0 aromatic rings. The van der Waals surface area contributed by atoms with Crippen molar-refractivity contribution in [2.75, 3.05) is 59.2 Å². The maximum atomic E-state index is 14.2. The number of aliphatic hydroxyl groups excluding tert-OH is 1. The Labute approximate surface area is 219 Å². The first kappa shape index (κ1) is 26.9. The fourth-order valence-electron chi connectivity index (χ4n) is 6.12. The number of hydrogen-bond donors (Lipinski definition) is 1. The summed E-state index contributed by atoms with van der Waals surface area (Å²) in [6.45, 7) is 11.9. The van der Waals surface area contributed by atoms with Crippen LogP contribution < -0.4 is 0 Å². The molecule has 0 aromatic heterocycles. The monoisotopic (exact) mass is 573 g/mol. The Hall–Kier alpha value is -1.14. The molecule has 4 aliphatic heterocycles. The lowest BCUT2D eigenvalue weighted by Gasteiger charge is -2.39. The number of likely N-dealkylation sites (tertiary alicyclic amines) is 1. The summed E-state index contributed by atoms with van der Waals surface area (Å²) < 4.78 is 10.1. The highest BCUT2D eigenvalue weighted by Gasteiger charge is 2.76. The van der Waals surface area contributed by atoms with Crippen molar-refractivity contribution in [2.45, 2.75) is 47.2 Å². The smallest absolute Gasteiger partial charge is 0.310 e. The molecule has 2 bridgehead atoms. The number of hydrogen-bond acceptors (Lipinski definition) is 8. The summed E-state index contributed by atoms with van der Waals surface area (Å²) in [7, 11) is 0. The summed E-state index contributed by atoms with van der Waals surface area (Å²) in [4.78, 5) is 46.7. The number of amides is 2. The van der Waals surface area contributed by atoms with Gasteiger partial charge in [0.1, 0.15) is 6.04 Å². The van der Waals surface area contributed by atoms with Gasteiger partial charge in [0.05, 0.1) is 49.1 Å². The highest BCUT2D eigenvalue weighted by Crippen LogP contribution is 2.68. The van der Waals surface area contributed by atoms with Crippen molar-refractivity contribution in [3.8, 4) is 0 Å². The second-order valence-electron chi connectivity index (χ2n) is 9.72. The Kier molecular flexibility index (Phi) is 8.52. The van der Waals surface area contributed by atoms with Gasteiger partial charge in [-0.2, -0.15) is 0 Å². The van der Waals surface area contributed by atoms with Gasteiger partial charge >= 0.3 is 5.97 Å². The van der Waals surface area contributed by atoms with Gasteiger partial charge in [0, 0.05) is 42.8 Å². The molecule has 1 spiro atoms. The van der Waals surface area contributed by atoms with Gasteiger partial charge in [-0.15, -0.1) is 18.3 Å². The minimum atomic E-state index is -0.763. The lowest BCUT2D eigenvalue weighted by atomic mass is 9.71. The van der Waals surface area contributed by atoms with E-state index in [4.69, 9.17) is 9.47 Å². The molecule has 11 heteroatoms. The van der Waals surface area contributed by atoms with Crippen molar-refractivity contribution < 1.29 is 29.0 Å². The van der Waals surface area contributed by atoms with Crippen molar-refractivity contribution in [1.82, 2.24) is 14.7 Å². The van der Waals surface area contributed by atoms with E-state index in [1.807, 2.05) is 0 Å². The van der Waals surface area contributed by atoms with Crippen LogP contribution in [0.5, 0.6) is 0 Å². The topological polar surface area (TPSA) is 99.6 Å². The maximum absolute atomic E-state index is 14.2. The van der Waals surface area contributed by atoms with Gasteiger partial charge in [-0.05, 0) is 20.3 Å². The van der Waals surface area contributed by atoms with Gasteiger partial charge in [-0.3, -0.25) is 19.3 Å². The van der Waals surface area contributed by atoms with Crippen molar-refractivity contribution in [2.24, 2.45) is 11.8 Å². The molecule has 196 valence electrons. The normalized spacial score (nSPS) is 35.1. The second kappa shape index (κ2) is 11.1. The Bertz CT molecular complexity index is 842. The summed E-state index contributed by atoms with van der Waals surface area (Å²) in [6.07, 6.45) is 2.31. The summed E-state index contributed by atoms with van der Waals surface area (Å²) >= 11 is 5.32. The number of fused-ring (bicyclic) bond motifs is 1. The number of esters is 1. The fourth-order valence-corrected chi connectivity index (χ4v) is 9.71. The molecule has 4 rings (SSSR count). The molecule has 4 fully saturated rings. The van der Waals surface area contributed by atoms with Crippen LogP contribution in [0.25, 0.3) is 0 Å². The molecular weight excluding hydrogens is 538 g/mol. The van der Waals surface area contributed by atoms with E-state index in [0.29, 0.717) is 39.3 Å². The van der Waals surface area contributed by atoms with E-state index >= 15 is 0 Å². The number of nitrogens with zero attached hydrogens (tertiary/aromatic N) is 3. The molecule has 35 heavy (non-hydrogen) atoms. The average Bonchev–Trinajstić information content (AvgIpc) is 3.45. The standard InChI is InChI=1S/C24H36BrN3O6S/c1-4-6-27(8-7-26-9-11-33-12-10-26)22(31)20-24-13-16(25)19(35-24)17(23(32)34-5-2)18(24)21(30)28(20)15(3)14-29/h4,15-20,29H,1,5-14H2,2-3H3/t15-,16?,17-,18+,19-,20?,24?/m1/s1. The average molecular weight is 575 g/mol. The van der Waals surface area contributed by atoms with Gasteiger partial charge in [-0.25, -0.2) is 0 Å². The van der Waals surface area contributed by atoms with Gasteiger partial charge in [0.25, 0.3) is 0 Å². The summed E-state index contributed by atoms with van der Waals surface area (Å²) in [5.41, 5.74) is 0. The number of halogens is 1. The van der Waals surface area contributed by atoms with Crippen LogP contribution in [0.1, 0.15) is 20.3 Å². The fraction of sp³-hybridized carbons (Fsp3) is 0.792. The number of alkyl halides is 1. The van der Waals surface area contributed by atoms with Gasteiger partial charge < -0.3 is 24.4 Å². The highest BCUT2D eigenvalue weighted by molar-refractivity contribution is 9.09. The molecule has 4 heterocycles. The van der Waals surface area contributed by atoms with Crippen LogP contribution in [-0.4, -0.2) is 124 Å². The first-order valence-corrected chi connectivity index (χ1v) is 14.2. The molecule has 3 unspecified atom stereocenters. The van der Waals surface area contributed by atoms with E-state index in [-0.39, 0.29) is 41.1 Å². The molecule has 7 atom stereocenters. The zero-order valence-corrected chi connectivity index (χ0v) is 22.8. The van der Waals surface area contributed by atoms with E-state index in [0.717, 1.165) is 13.1 Å². The summed E-state index contributed by atoms with van der Waals surface area (Å²) in [5.74, 6) is -2.01. The minimum Gasteiger partial charge on any atom is -0.466 e. The third-order valence-corrected chi connectivity index (χ3v) is 10.9. The third kappa shape index (κ3) is 4.67. The number of ether oxygens (including phenoxy) is 2. The van der Waals surface area contributed by atoms with Crippen molar-refractivity contribution in [3.63, 3.8) is 0 Å².